The highest BCUT2D eigenvalue weighted by molar-refractivity contribution is 7.05. The number of aromatic nitrogens is 2. The van der Waals surface area contributed by atoms with E-state index in [0.717, 1.165) is 37.3 Å². The van der Waals surface area contributed by atoms with Gasteiger partial charge in [-0.3, -0.25) is 0 Å². The Balaban J connectivity index is 1.95. The SMILES string of the molecule is CCCc1nnsc1C(NC)c1ccc2c(c1)CCO2. The first kappa shape index (κ1) is 13.5. The molecule has 1 unspecified atom stereocenters. The van der Waals surface area contributed by atoms with Gasteiger partial charge in [-0.05, 0) is 42.2 Å². The van der Waals surface area contributed by atoms with E-state index >= 15 is 0 Å². The molecule has 2 heterocycles. The molecule has 106 valence electrons. The molecule has 0 amide bonds. The molecule has 1 aliphatic rings. The van der Waals surface area contributed by atoms with Gasteiger partial charge in [0, 0.05) is 6.42 Å². The quantitative estimate of drug-likeness (QED) is 0.919. The molecule has 2 aromatic rings. The average molecular weight is 289 g/mol. The van der Waals surface area contributed by atoms with E-state index in [9.17, 15) is 0 Å². The fraction of sp³-hybridized carbons (Fsp3) is 0.467. The number of ether oxygens (including phenoxy) is 1. The number of nitrogens with zero attached hydrogens (tertiary/aromatic N) is 2. The van der Waals surface area contributed by atoms with Crippen LogP contribution < -0.4 is 10.1 Å². The van der Waals surface area contributed by atoms with Crippen LogP contribution in [0.3, 0.4) is 0 Å². The second-order valence-corrected chi connectivity index (χ2v) is 5.81. The van der Waals surface area contributed by atoms with Crippen molar-refractivity contribution >= 4 is 11.5 Å². The Morgan fingerprint density at radius 2 is 2.35 bits per heavy atom. The van der Waals surface area contributed by atoms with Gasteiger partial charge in [-0.1, -0.05) is 30.0 Å². The highest BCUT2D eigenvalue weighted by Gasteiger charge is 2.21. The van der Waals surface area contributed by atoms with Crippen molar-refractivity contribution in [3.63, 3.8) is 0 Å². The lowest BCUT2D eigenvalue weighted by molar-refractivity contribution is 0.357. The minimum Gasteiger partial charge on any atom is -0.493 e. The molecular weight excluding hydrogens is 270 g/mol. The van der Waals surface area contributed by atoms with Crippen LogP contribution in [-0.2, 0) is 12.8 Å². The summed E-state index contributed by atoms with van der Waals surface area (Å²) in [7, 11) is 1.99. The molecule has 4 nitrogen and oxygen atoms in total. The van der Waals surface area contributed by atoms with E-state index in [-0.39, 0.29) is 6.04 Å². The second kappa shape index (κ2) is 5.89. The summed E-state index contributed by atoms with van der Waals surface area (Å²) in [6.07, 6.45) is 3.08. The zero-order valence-corrected chi connectivity index (χ0v) is 12.7. The fourth-order valence-electron chi connectivity index (χ4n) is 2.68. The summed E-state index contributed by atoms with van der Waals surface area (Å²) in [5, 5.41) is 7.68. The van der Waals surface area contributed by atoms with Gasteiger partial charge < -0.3 is 10.1 Å². The van der Waals surface area contributed by atoms with Crippen LogP contribution in [0.5, 0.6) is 5.75 Å². The zero-order chi connectivity index (χ0) is 13.9. The molecule has 0 bridgehead atoms. The lowest BCUT2D eigenvalue weighted by Gasteiger charge is -2.16. The number of nitrogens with one attached hydrogen (secondary N) is 1. The van der Waals surface area contributed by atoms with Gasteiger partial charge in [-0.15, -0.1) is 5.10 Å². The highest BCUT2D eigenvalue weighted by Crippen LogP contribution is 2.32. The zero-order valence-electron chi connectivity index (χ0n) is 11.8. The lowest BCUT2D eigenvalue weighted by Crippen LogP contribution is -2.18. The van der Waals surface area contributed by atoms with Crippen LogP contribution in [0.1, 0.15) is 41.1 Å². The molecule has 1 aliphatic heterocycles. The van der Waals surface area contributed by atoms with Crippen LogP contribution in [0.15, 0.2) is 18.2 Å². The Bertz CT molecular complexity index is 597. The molecule has 3 rings (SSSR count). The van der Waals surface area contributed by atoms with E-state index in [1.54, 1.807) is 0 Å². The molecule has 1 atom stereocenters. The van der Waals surface area contributed by atoms with Crippen LogP contribution in [0.4, 0.5) is 0 Å². The molecule has 0 saturated heterocycles. The molecule has 1 aromatic carbocycles. The summed E-state index contributed by atoms with van der Waals surface area (Å²) in [5.74, 6) is 1.03. The number of hydrogen-bond acceptors (Lipinski definition) is 5. The third-order valence-electron chi connectivity index (χ3n) is 3.67. The van der Waals surface area contributed by atoms with Crippen molar-refractivity contribution in [3.05, 3.63) is 39.9 Å². The number of benzene rings is 1. The first-order valence-corrected chi connectivity index (χ1v) is 7.84. The van der Waals surface area contributed by atoms with Gasteiger partial charge in [0.1, 0.15) is 5.75 Å². The minimum atomic E-state index is 0.169. The lowest BCUT2D eigenvalue weighted by atomic mass is 10.00. The van der Waals surface area contributed by atoms with Crippen molar-refractivity contribution in [2.75, 3.05) is 13.7 Å². The maximum atomic E-state index is 5.58. The largest absolute Gasteiger partial charge is 0.493 e. The van der Waals surface area contributed by atoms with Crippen LogP contribution >= 0.6 is 11.5 Å². The van der Waals surface area contributed by atoms with E-state index in [0.29, 0.717) is 0 Å². The summed E-state index contributed by atoms with van der Waals surface area (Å²) >= 11 is 1.50. The Morgan fingerprint density at radius 1 is 1.45 bits per heavy atom. The number of fused-ring (bicyclic) bond motifs is 1. The maximum Gasteiger partial charge on any atom is 0.122 e. The van der Waals surface area contributed by atoms with Gasteiger partial charge in [0.25, 0.3) is 0 Å². The Labute approximate surface area is 123 Å². The minimum absolute atomic E-state index is 0.169. The van der Waals surface area contributed by atoms with E-state index in [1.165, 1.54) is 27.5 Å². The summed E-state index contributed by atoms with van der Waals surface area (Å²) in [6, 6.07) is 6.64. The van der Waals surface area contributed by atoms with E-state index in [4.69, 9.17) is 4.74 Å². The van der Waals surface area contributed by atoms with E-state index in [1.807, 2.05) is 7.05 Å². The topological polar surface area (TPSA) is 47.0 Å². The van der Waals surface area contributed by atoms with Crippen molar-refractivity contribution in [1.29, 1.82) is 0 Å². The van der Waals surface area contributed by atoms with Crippen LogP contribution in [-0.4, -0.2) is 23.2 Å². The van der Waals surface area contributed by atoms with Crippen molar-refractivity contribution in [2.45, 2.75) is 32.2 Å². The van der Waals surface area contributed by atoms with Crippen molar-refractivity contribution < 1.29 is 4.74 Å². The number of hydrogen-bond donors (Lipinski definition) is 1. The molecular formula is C15H19N3OS. The van der Waals surface area contributed by atoms with Gasteiger partial charge in [-0.2, -0.15) is 0 Å². The summed E-state index contributed by atoms with van der Waals surface area (Å²) < 4.78 is 9.71. The normalized spacial score (nSPS) is 14.9. The molecule has 0 aliphatic carbocycles. The van der Waals surface area contributed by atoms with Gasteiger partial charge in [-0.25, -0.2) is 0 Å². The van der Waals surface area contributed by atoms with Crippen molar-refractivity contribution in [2.24, 2.45) is 0 Å². The average Bonchev–Trinajstić information content (AvgIpc) is 3.09. The third kappa shape index (κ3) is 2.43. The second-order valence-electron chi connectivity index (χ2n) is 5.02. The monoisotopic (exact) mass is 289 g/mol. The molecule has 5 heteroatoms. The molecule has 0 saturated carbocycles. The van der Waals surface area contributed by atoms with Crippen LogP contribution in [0.2, 0.25) is 0 Å². The maximum absolute atomic E-state index is 5.58. The van der Waals surface area contributed by atoms with Gasteiger partial charge in [0.05, 0.1) is 23.2 Å². The van der Waals surface area contributed by atoms with Gasteiger partial charge in [0.15, 0.2) is 0 Å². The molecule has 1 aromatic heterocycles. The first-order valence-electron chi connectivity index (χ1n) is 7.07. The summed E-state index contributed by atoms with van der Waals surface area (Å²) in [5.41, 5.74) is 3.69. The predicted octanol–water partition coefficient (Wildman–Crippen LogP) is 2.73. The predicted molar refractivity (Wildman–Crippen MR) is 80.4 cm³/mol. The van der Waals surface area contributed by atoms with Gasteiger partial charge >= 0.3 is 0 Å². The Hall–Kier alpha value is -1.46. The molecule has 0 radical (unpaired) electrons. The molecule has 0 spiro atoms. The Kier molecular flexibility index (Phi) is 3.98. The summed E-state index contributed by atoms with van der Waals surface area (Å²) in [6.45, 7) is 2.97. The van der Waals surface area contributed by atoms with Crippen LogP contribution in [0.25, 0.3) is 0 Å². The van der Waals surface area contributed by atoms with E-state index < -0.39 is 0 Å². The Morgan fingerprint density at radius 3 is 3.15 bits per heavy atom. The fourth-order valence-corrected chi connectivity index (χ4v) is 3.52. The molecule has 20 heavy (non-hydrogen) atoms. The molecule has 0 fully saturated rings. The third-order valence-corrected chi connectivity index (χ3v) is 4.50. The number of aryl methyl sites for hydroxylation is 1. The molecule has 1 N–H and O–H groups in total. The summed E-state index contributed by atoms with van der Waals surface area (Å²) in [4.78, 5) is 1.23. The first-order chi connectivity index (χ1) is 9.83. The smallest absolute Gasteiger partial charge is 0.122 e. The van der Waals surface area contributed by atoms with Crippen LogP contribution in [0, 0.1) is 0 Å². The number of rotatable bonds is 5. The van der Waals surface area contributed by atoms with Gasteiger partial charge in [0.2, 0.25) is 0 Å². The van der Waals surface area contributed by atoms with Crippen molar-refractivity contribution in [1.82, 2.24) is 14.9 Å². The van der Waals surface area contributed by atoms with E-state index in [2.05, 4.69) is 40.0 Å². The highest BCUT2D eigenvalue weighted by atomic mass is 32.1. The van der Waals surface area contributed by atoms with Crippen molar-refractivity contribution in [3.8, 4) is 5.75 Å². The standard InChI is InChI=1S/C15H19N3OS/c1-3-4-12-15(20-18-17-12)14(16-2)11-5-6-13-10(9-11)7-8-19-13/h5-6,9,14,16H,3-4,7-8H2,1-2H3.